The molecule has 0 atom stereocenters. The number of alkyl halides is 3. The maximum atomic E-state index is 12.6. The Morgan fingerprint density at radius 3 is 2.48 bits per heavy atom. The lowest BCUT2D eigenvalue weighted by molar-refractivity contribution is -0.141. The van der Waals surface area contributed by atoms with Crippen LogP contribution in [0.15, 0.2) is 12.3 Å². The fraction of sp³-hybridized carbons (Fsp3) is 0.643. The molecule has 27 heavy (non-hydrogen) atoms. The number of aromatic nitrogens is 2. The summed E-state index contributed by atoms with van der Waals surface area (Å²) in [4.78, 5) is 19.5. The van der Waals surface area contributed by atoms with E-state index in [1.54, 1.807) is 0 Å². The van der Waals surface area contributed by atoms with E-state index in [4.69, 9.17) is 0 Å². The van der Waals surface area contributed by atoms with E-state index in [2.05, 4.69) is 25.9 Å². The Kier molecular flexibility index (Phi) is 7.81. The molecular weight excluding hydrogens is 411 g/mol. The van der Waals surface area contributed by atoms with Crippen molar-refractivity contribution in [2.45, 2.75) is 23.8 Å². The van der Waals surface area contributed by atoms with Crippen LogP contribution in [0.2, 0.25) is 0 Å². The quantitative estimate of drug-likeness (QED) is 0.565. The van der Waals surface area contributed by atoms with Gasteiger partial charge in [-0.1, -0.05) is 0 Å². The molecule has 0 bridgehead atoms. The van der Waals surface area contributed by atoms with Crippen LogP contribution in [0.4, 0.5) is 19.1 Å². The number of carbonyl (C=O) groups excluding carboxylic acids is 1. The lowest BCUT2D eigenvalue weighted by Gasteiger charge is -2.34. The first-order valence-corrected chi connectivity index (χ1v) is 9.78. The van der Waals surface area contributed by atoms with Crippen molar-refractivity contribution in [3.63, 3.8) is 0 Å². The van der Waals surface area contributed by atoms with Crippen molar-refractivity contribution in [3.8, 4) is 0 Å². The number of halogens is 4. The first-order chi connectivity index (χ1) is 12.1. The molecule has 1 aromatic heterocycles. The van der Waals surface area contributed by atoms with Crippen LogP contribution < -0.4 is 16.0 Å². The molecule has 1 fully saturated rings. The molecule has 2 heterocycles. The molecule has 1 saturated heterocycles. The van der Waals surface area contributed by atoms with Gasteiger partial charge in [-0.15, -0.1) is 12.4 Å². The van der Waals surface area contributed by atoms with Gasteiger partial charge in [0, 0.05) is 25.5 Å². The molecule has 1 aliphatic heterocycles. The van der Waals surface area contributed by atoms with Crippen molar-refractivity contribution < 1.29 is 26.4 Å². The van der Waals surface area contributed by atoms with Gasteiger partial charge in [-0.05, 0) is 32.0 Å². The van der Waals surface area contributed by atoms with Crippen LogP contribution in [-0.2, 0) is 20.8 Å². The van der Waals surface area contributed by atoms with E-state index >= 15 is 0 Å². The molecule has 2 rings (SSSR count). The number of rotatable bonds is 6. The summed E-state index contributed by atoms with van der Waals surface area (Å²) in [6.07, 6.45) is -2.23. The van der Waals surface area contributed by atoms with Crippen LogP contribution in [0.3, 0.4) is 0 Å². The highest BCUT2D eigenvalue weighted by molar-refractivity contribution is 7.92. The minimum atomic E-state index is -4.58. The van der Waals surface area contributed by atoms with Gasteiger partial charge in [-0.25, -0.2) is 18.4 Å². The molecule has 13 heteroatoms. The van der Waals surface area contributed by atoms with E-state index in [1.807, 2.05) is 0 Å². The van der Waals surface area contributed by atoms with Crippen molar-refractivity contribution in [2.24, 2.45) is 0 Å². The largest absolute Gasteiger partial charge is 0.433 e. The van der Waals surface area contributed by atoms with E-state index in [0.717, 1.165) is 18.5 Å². The summed E-state index contributed by atoms with van der Waals surface area (Å²) >= 11 is 0. The van der Waals surface area contributed by atoms with Crippen molar-refractivity contribution in [3.05, 3.63) is 18.0 Å². The maximum absolute atomic E-state index is 12.6. The van der Waals surface area contributed by atoms with E-state index in [1.165, 1.54) is 0 Å². The van der Waals surface area contributed by atoms with Crippen LogP contribution in [0.5, 0.6) is 0 Å². The molecule has 0 saturated carbocycles. The molecule has 1 amide bonds. The molecule has 0 spiro atoms. The Hall–Kier alpha value is -1.66. The van der Waals surface area contributed by atoms with Gasteiger partial charge in [-0.2, -0.15) is 13.2 Å². The molecular formula is C14H21ClF3N5O3S. The molecule has 3 N–H and O–H groups in total. The highest BCUT2D eigenvalue weighted by atomic mass is 35.5. The lowest BCUT2D eigenvalue weighted by atomic mass is 9.96. The minimum Gasteiger partial charge on any atom is -0.353 e. The predicted octanol–water partition coefficient (Wildman–Crippen LogP) is 0.612. The molecule has 8 nitrogen and oxygen atoms in total. The van der Waals surface area contributed by atoms with Gasteiger partial charge in [0.05, 0.1) is 0 Å². The number of piperidine rings is 1. The SMILES string of the molecule is CS(=O)(=O)C1(C(=O)NCCNc2nccc(C(F)(F)F)n2)CCNCC1.Cl. The van der Waals surface area contributed by atoms with E-state index in [-0.39, 0.29) is 44.3 Å². The van der Waals surface area contributed by atoms with Crippen LogP contribution in [-0.4, -0.2) is 61.5 Å². The van der Waals surface area contributed by atoms with E-state index in [9.17, 15) is 26.4 Å². The number of nitrogens with zero attached hydrogens (tertiary/aromatic N) is 2. The highest BCUT2D eigenvalue weighted by Gasteiger charge is 2.48. The maximum Gasteiger partial charge on any atom is 0.433 e. The second-order valence-corrected chi connectivity index (χ2v) is 8.29. The van der Waals surface area contributed by atoms with Crippen molar-refractivity contribution >= 4 is 34.1 Å². The molecule has 1 aliphatic rings. The first kappa shape index (κ1) is 23.4. The van der Waals surface area contributed by atoms with Gasteiger partial charge in [0.2, 0.25) is 11.9 Å². The summed E-state index contributed by atoms with van der Waals surface area (Å²) in [5.74, 6) is -0.831. The van der Waals surface area contributed by atoms with Crippen LogP contribution in [0.1, 0.15) is 18.5 Å². The summed E-state index contributed by atoms with van der Waals surface area (Å²) in [6, 6.07) is 0.750. The van der Waals surface area contributed by atoms with Crippen molar-refractivity contribution in [1.29, 1.82) is 0 Å². The van der Waals surface area contributed by atoms with Crippen LogP contribution in [0.25, 0.3) is 0 Å². The predicted molar refractivity (Wildman–Crippen MR) is 95.5 cm³/mol. The number of amides is 1. The average molecular weight is 432 g/mol. The fourth-order valence-corrected chi connectivity index (χ4v) is 4.06. The van der Waals surface area contributed by atoms with Gasteiger partial charge < -0.3 is 16.0 Å². The third-order valence-electron chi connectivity index (χ3n) is 4.17. The minimum absolute atomic E-state index is 0. The summed E-state index contributed by atoms with van der Waals surface area (Å²) in [7, 11) is -3.62. The molecule has 0 aromatic carbocycles. The van der Waals surface area contributed by atoms with Crippen molar-refractivity contribution in [1.82, 2.24) is 20.6 Å². The average Bonchev–Trinajstić information content (AvgIpc) is 2.57. The Morgan fingerprint density at radius 1 is 1.30 bits per heavy atom. The number of nitrogens with one attached hydrogen (secondary N) is 3. The summed E-state index contributed by atoms with van der Waals surface area (Å²) in [5.41, 5.74) is -1.08. The Balaban J connectivity index is 0.00000364. The van der Waals surface area contributed by atoms with Gasteiger partial charge in [0.15, 0.2) is 14.6 Å². The Bertz CT molecular complexity index is 755. The second kappa shape index (κ2) is 9.02. The molecule has 0 radical (unpaired) electrons. The number of anilines is 1. The van der Waals surface area contributed by atoms with Gasteiger partial charge in [0.25, 0.3) is 0 Å². The van der Waals surface area contributed by atoms with E-state index in [0.29, 0.717) is 13.1 Å². The third kappa shape index (κ3) is 5.66. The highest BCUT2D eigenvalue weighted by Crippen LogP contribution is 2.28. The zero-order valence-electron chi connectivity index (χ0n) is 14.5. The molecule has 1 aromatic rings. The zero-order chi connectivity index (χ0) is 19.4. The molecule has 0 aliphatic carbocycles. The number of hydrogen-bond acceptors (Lipinski definition) is 7. The lowest BCUT2D eigenvalue weighted by Crippen LogP contribution is -2.57. The normalized spacial score (nSPS) is 16.9. The smallest absolute Gasteiger partial charge is 0.353 e. The number of hydrogen-bond donors (Lipinski definition) is 3. The van der Waals surface area contributed by atoms with Crippen molar-refractivity contribution in [2.75, 3.05) is 37.8 Å². The number of carbonyl (C=O) groups is 1. The Labute approximate surface area is 161 Å². The zero-order valence-corrected chi connectivity index (χ0v) is 16.1. The van der Waals surface area contributed by atoms with Crippen LogP contribution in [0, 0.1) is 0 Å². The monoisotopic (exact) mass is 431 g/mol. The Morgan fingerprint density at radius 2 is 1.93 bits per heavy atom. The third-order valence-corrected chi connectivity index (χ3v) is 6.19. The van der Waals surface area contributed by atoms with E-state index < -0.39 is 32.4 Å². The summed E-state index contributed by atoms with van der Waals surface area (Å²) in [6.45, 7) is 0.891. The van der Waals surface area contributed by atoms with Gasteiger partial charge in [-0.3, -0.25) is 4.79 Å². The van der Waals surface area contributed by atoms with Crippen LogP contribution >= 0.6 is 12.4 Å². The molecule has 154 valence electrons. The fourth-order valence-electron chi connectivity index (χ4n) is 2.71. The molecule has 0 unspecified atom stereocenters. The first-order valence-electron chi connectivity index (χ1n) is 7.89. The van der Waals surface area contributed by atoms with Gasteiger partial charge in [0.1, 0.15) is 5.69 Å². The number of sulfone groups is 1. The van der Waals surface area contributed by atoms with Gasteiger partial charge >= 0.3 is 6.18 Å². The standard InChI is InChI=1S/C14H20F3N5O3S.ClH/c1-26(24,25)13(3-6-18-7-4-13)11(23)19-8-9-21-12-20-5-2-10(22-12)14(15,16)17;/h2,5,18H,3-4,6-9H2,1H3,(H,19,23)(H,20,21,22);1H. The second-order valence-electron chi connectivity index (χ2n) is 5.96. The summed E-state index contributed by atoms with van der Waals surface area (Å²) < 4.78 is 60.5. The topological polar surface area (TPSA) is 113 Å². The summed E-state index contributed by atoms with van der Waals surface area (Å²) in [5, 5.41) is 8.10.